The number of imidazole rings is 1. The third-order valence-corrected chi connectivity index (χ3v) is 4.89. The van der Waals surface area contributed by atoms with E-state index in [1.54, 1.807) is 17.8 Å². The van der Waals surface area contributed by atoms with Crippen molar-refractivity contribution in [2.75, 3.05) is 0 Å². The monoisotopic (exact) mass is 511 g/mol. The largest absolute Gasteiger partial charge is 0.433 e. The number of nitriles is 1. The molecule has 0 aliphatic rings. The van der Waals surface area contributed by atoms with Crippen LogP contribution in [0.4, 0.5) is 13.2 Å². The molecule has 0 aliphatic carbocycles. The Hall–Kier alpha value is -4.39. The molecule has 0 bridgehead atoms. The number of rotatable bonds is 3. The molecule has 0 aliphatic heterocycles. The summed E-state index contributed by atoms with van der Waals surface area (Å²) in [5.74, 6) is 0.466. The number of fused-ring (bicyclic) bond motifs is 1. The summed E-state index contributed by atoms with van der Waals surface area (Å²) in [6, 6.07) is 12.7. The molecule has 1 aromatic carbocycles. The fourth-order valence-electron chi connectivity index (χ4n) is 3.37. The van der Waals surface area contributed by atoms with Crippen LogP contribution >= 0.6 is 0 Å². The van der Waals surface area contributed by atoms with Gasteiger partial charge in [0.25, 0.3) is 0 Å². The second-order valence-corrected chi connectivity index (χ2v) is 7.68. The Balaban J connectivity index is 0.000000894. The van der Waals surface area contributed by atoms with E-state index >= 15 is 0 Å². The van der Waals surface area contributed by atoms with E-state index in [1.165, 1.54) is 12.6 Å². The van der Waals surface area contributed by atoms with Gasteiger partial charge in [-0.25, -0.2) is 9.97 Å². The first kappa shape index (κ1) is 30.6. The third kappa shape index (κ3) is 7.54. The Labute approximate surface area is 213 Å². The highest BCUT2D eigenvalue weighted by atomic mass is 19.4. The van der Waals surface area contributed by atoms with Crippen LogP contribution in [0.1, 0.15) is 37.1 Å². The number of alkyl halides is 3. The van der Waals surface area contributed by atoms with Crippen LogP contribution in [0.15, 0.2) is 48.8 Å². The standard InChI is InChI=1S/C22H16F3N5.C3H8.2CH2O/c1-13-8-16(15-5-3-4-14(9-15)6-7-26)11-28-20(13)21-29-17-10-19(22(23,24)25)27-12-18(17)30(21)2;1-3-2;2*1-2/h3-5,8-12H,6H2,1-2H3;3H2,1-2H3;2*1H2. The number of hydrogen-bond acceptors (Lipinski definition) is 6. The van der Waals surface area contributed by atoms with Gasteiger partial charge in [-0.2, -0.15) is 18.4 Å². The normalized spacial score (nSPS) is 10.1. The van der Waals surface area contributed by atoms with Gasteiger partial charge < -0.3 is 14.2 Å². The van der Waals surface area contributed by atoms with Gasteiger partial charge in [-0.15, -0.1) is 0 Å². The van der Waals surface area contributed by atoms with Crippen molar-refractivity contribution in [1.82, 2.24) is 19.5 Å². The van der Waals surface area contributed by atoms with Gasteiger partial charge in [0.15, 0.2) is 5.82 Å². The minimum atomic E-state index is -4.53. The van der Waals surface area contributed by atoms with Gasteiger partial charge in [-0.3, -0.25) is 4.98 Å². The fraction of sp³-hybridized carbons (Fsp3) is 0.259. The molecule has 10 heteroatoms. The van der Waals surface area contributed by atoms with Crippen molar-refractivity contribution in [2.45, 2.75) is 39.8 Å². The Kier molecular flexibility index (Phi) is 11.8. The van der Waals surface area contributed by atoms with Crippen LogP contribution in [0.5, 0.6) is 0 Å². The second kappa shape index (κ2) is 14.2. The average Bonchev–Trinajstić information content (AvgIpc) is 3.22. The number of carbonyl (C=O) groups excluding carboxylic acids is 2. The van der Waals surface area contributed by atoms with E-state index < -0.39 is 11.9 Å². The quantitative estimate of drug-likeness (QED) is 0.328. The highest BCUT2D eigenvalue weighted by Crippen LogP contribution is 2.32. The minimum absolute atomic E-state index is 0.212. The van der Waals surface area contributed by atoms with E-state index in [9.17, 15) is 13.2 Å². The van der Waals surface area contributed by atoms with Crippen LogP contribution in [0.25, 0.3) is 33.7 Å². The van der Waals surface area contributed by atoms with Crippen molar-refractivity contribution in [3.63, 3.8) is 0 Å². The van der Waals surface area contributed by atoms with Crippen LogP contribution < -0.4 is 0 Å². The summed E-state index contributed by atoms with van der Waals surface area (Å²) in [7, 11) is 1.72. The maximum absolute atomic E-state index is 13.0. The predicted molar refractivity (Wildman–Crippen MR) is 136 cm³/mol. The first-order valence-electron chi connectivity index (χ1n) is 11.1. The molecule has 4 rings (SSSR count). The van der Waals surface area contributed by atoms with E-state index in [0.717, 1.165) is 28.3 Å². The average molecular weight is 512 g/mol. The molecule has 0 spiro atoms. The molecule has 37 heavy (non-hydrogen) atoms. The van der Waals surface area contributed by atoms with Crippen molar-refractivity contribution < 1.29 is 22.8 Å². The Morgan fingerprint density at radius 3 is 2.22 bits per heavy atom. The molecule has 0 atom stereocenters. The van der Waals surface area contributed by atoms with Gasteiger partial charge in [0, 0.05) is 18.8 Å². The van der Waals surface area contributed by atoms with E-state index in [1.807, 2.05) is 50.8 Å². The Bertz CT molecular complexity index is 1360. The lowest BCUT2D eigenvalue weighted by atomic mass is 10.0. The van der Waals surface area contributed by atoms with Crippen LogP contribution in [0.2, 0.25) is 0 Å². The molecule has 0 unspecified atom stereocenters. The van der Waals surface area contributed by atoms with Crippen molar-refractivity contribution >= 4 is 24.6 Å². The predicted octanol–water partition coefficient (Wildman–Crippen LogP) is 6.14. The lowest BCUT2D eigenvalue weighted by molar-refractivity contribution is -0.141. The molecule has 0 amide bonds. The summed E-state index contributed by atoms with van der Waals surface area (Å²) < 4.78 is 40.6. The smallest absolute Gasteiger partial charge is 0.325 e. The number of hydrogen-bond donors (Lipinski definition) is 0. The molecular formula is C27H28F3N5O2. The summed E-state index contributed by atoms with van der Waals surface area (Å²) in [6.07, 6.45) is -0.0699. The zero-order valence-corrected chi connectivity index (χ0v) is 21.1. The van der Waals surface area contributed by atoms with E-state index in [-0.39, 0.29) is 5.52 Å². The first-order chi connectivity index (χ1) is 17.7. The van der Waals surface area contributed by atoms with Crippen LogP contribution in [0.3, 0.4) is 0 Å². The summed E-state index contributed by atoms with van der Waals surface area (Å²) in [4.78, 5) is 28.4. The van der Waals surface area contributed by atoms with Gasteiger partial charge in [-0.05, 0) is 35.7 Å². The van der Waals surface area contributed by atoms with E-state index in [2.05, 4.69) is 34.9 Å². The van der Waals surface area contributed by atoms with Gasteiger partial charge in [-0.1, -0.05) is 44.5 Å². The van der Waals surface area contributed by atoms with E-state index in [0.29, 0.717) is 23.5 Å². The van der Waals surface area contributed by atoms with Crippen molar-refractivity contribution in [3.8, 4) is 28.7 Å². The van der Waals surface area contributed by atoms with Gasteiger partial charge in [0.1, 0.15) is 25.0 Å². The molecule has 0 saturated heterocycles. The molecule has 0 N–H and O–H groups in total. The Morgan fingerprint density at radius 1 is 1.00 bits per heavy atom. The summed E-state index contributed by atoms with van der Waals surface area (Å²) in [6.45, 7) is 10.1. The lowest BCUT2D eigenvalue weighted by Crippen LogP contribution is -2.07. The first-order valence-corrected chi connectivity index (χ1v) is 11.1. The number of nitrogens with zero attached hydrogens (tertiary/aromatic N) is 5. The minimum Gasteiger partial charge on any atom is -0.325 e. The van der Waals surface area contributed by atoms with Crippen molar-refractivity contribution in [3.05, 3.63) is 65.6 Å². The topological polar surface area (TPSA) is 102 Å². The zero-order chi connectivity index (χ0) is 28.2. The molecule has 194 valence electrons. The maximum Gasteiger partial charge on any atom is 0.433 e. The maximum atomic E-state index is 13.0. The SMILES string of the molecule is C=O.C=O.CCC.Cc1cc(-c2cccc(CC#N)c2)cnc1-c1nc2cc(C(F)(F)F)ncc2n1C. The fourth-order valence-corrected chi connectivity index (χ4v) is 3.37. The second-order valence-electron chi connectivity index (χ2n) is 7.68. The molecule has 4 aromatic rings. The summed E-state index contributed by atoms with van der Waals surface area (Å²) >= 11 is 0. The summed E-state index contributed by atoms with van der Waals surface area (Å²) in [5, 5.41) is 8.90. The molecule has 0 radical (unpaired) electrons. The van der Waals surface area contributed by atoms with E-state index in [4.69, 9.17) is 14.9 Å². The Morgan fingerprint density at radius 2 is 1.65 bits per heavy atom. The van der Waals surface area contributed by atoms with Gasteiger partial charge in [0.2, 0.25) is 0 Å². The highest BCUT2D eigenvalue weighted by Gasteiger charge is 2.33. The molecule has 7 nitrogen and oxygen atoms in total. The molecule has 3 aromatic heterocycles. The number of carbonyl (C=O) groups is 2. The number of benzene rings is 1. The third-order valence-electron chi connectivity index (χ3n) is 4.89. The number of pyridine rings is 2. The van der Waals surface area contributed by atoms with Crippen molar-refractivity contribution in [1.29, 1.82) is 5.26 Å². The highest BCUT2D eigenvalue weighted by molar-refractivity contribution is 5.80. The number of halogens is 3. The van der Waals surface area contributed by atoms with Gasteiger partial charge >= 0.3 is 6.18 Å². The zero-order valence-electron chi connectivity index (χ0n) is 21.1. The summed E-state index contributed by atoms with van der Waals surface area (Å²) in [5.41, 5.74) is 3.89. The molecule has 3 heterocycles. The van der Waals surface area contributed by atoms with Crippen LogP contribution in [-0.4, -0.2) is 33.1 Å². The van der Waals surface area contributed by atoms with Crippen LogP contribution in [0, 0.1) is 18.3 Å². The number of aryl methyl sites for hydroxylation is 2. The van der Waals surface area contributed by atoms with Crippen LogP contribution in [-0.2, 0) is 29.2 Å². The van der Waals surface area contributed by atoms with Crippen molar-refractivity contribution in [2.24, 2.45) is 7.05 Å². The number of aromatic nitrogens is 4. The van der Waals surface area contributed by atoms with Gasteiger partial charge in [0.05, 0.1) is 29.7 Å². The lowest BCUT2D eigenvalue weighted by Gasteiger charge is -2.09. The molecule has 0 fully saturated rings. The molecular weight excluding hydrogens is 483 g/mol. The molecule has 0 saturated carbocycles.